The van der Waals surface area contributed by atoms with E-state index in [0.717, 1.165) is 17.1 Å². The monoisotopic (exact) mass is 295 g/mol. The molecule has 4 heteroatoms. The first kappa shape index (κ1) is 13.9. The van der Waals surface area contributed by atoms with Crippen LogP contribution in [0.25, 0.3) is 5.69 Å². The van der Waals surface area contributed by atoms with E-state index in [9.17, 15) is 0 Å². The predicted molar refractivity (Wildman–Crippen MR) is 87.7 cm³/mol. The summed E-state index contributed by atoms with van der Waals surface area (Å²) in [6.07, 6.45) is 1.80. The Labute approximate surface area is 128 Å². The highest BCUT2D eigenvalue weighted by Crippen LogP contribution is 2.24. The number of thioether (sulfide) groups is 1. The summed E-state index contributed by atoms with van der Waals surface area (Å²) in [4.78, 5) is 1.23. The average Bonchev–Trinajstić information content (AvgIpc) is 3.04. The molecule has 3 aromatic rings. The van der Waals surface area contributed by atoms with Crippen molar-refractivity contribution in [3.63, 3.8) is 0 Å². The lowest BCUT2D eigenvalue weighted by Crippen LogP contribution is -2.17. The maximum atomic E-state index is 6.34. The van der Waals surface area contributed by atoms with Gasteiger partial charge in [0.05, 0.1) is 17.4 Å². The van der Waals surface area contributed by atoms with E-state index in [1.807, 2.05) is 59.3 Å². The SMILES string of the molecule is NC(CSc1ccccc1)c1ccnn1-c1ccccc1. The molecule has 0 spiro atoms. The molecule has 1 aromatic heterocycles. The molecule has 0 aliphatic rings. The fourth-order valence-electron chi connectivity index (χ4n) is 2.17. The Hall–Kier alpha value is -2.04. The van der Waals surface area contributed by atoms with Crippen LogP contribution in [0.15, 0.2) is 77.8 Å². The number of hydrogen-bond acceptors (Lipinski definition) is 3. The van der Waals surface area contributed by atoms with Crippen molar-refractivity contribution in [2.45, 2.75) is 10.9 Å². The van der Waals surface area contributed by atoms with E-state index in [4.69, 9.17) is 5.73 Å². The first-order valence-corrected chi connectivity index (χ1v) is 7.86. The van der Waals surface area contributed by atoms with Crippen LogP contribution in [-0.2, 0) is 0 Å². The Kier molecular flexibility index (Phi) is 4.38. The normalized spacial score (nSPS) is 12.2. The van der Waals surface area contributed by atoms with Crippen LogP contribution in [0.1, 0.15) is 11.7 Å². The second-order valence-electron chi connectivity index (χ2n) is 4.73. The van der Waals surface area contributed by atoms with Crippen molar-refractivity contribution in [1.82, 2.24) is 9.78 Å². The minimum absolute atomic E-state index is 0.0575. The summed E-state index contributed by atoms with van der Waals surface area (Å²) in [6.45, 7) is 0. The molecule has 0 aliphatic heterocycles. The molecular formula is C17H17N3S. The second kappa shape index (κ2) is 6.61. The summed E-state index contributed by atoms with van der Waals surface area (Å²) >= 11 is 1.76. The third-order valence-electron chi connectivity index (χ3n) is 3.23. The van der Waals surface area contributed by atoms with Crippen LogP contribution in [0.3, 0.4) is 0 Å². The van der Waals surface area contributed by atoms with E-state index >= 15 is 0 Å². The molecule has 21 heavy (non-hydrogen) atoms. The van der Waals surface area contributed by atoms with Crippen LogP contribution in [0.4, 0.5) is 0 Å². The van der Waals surface area contributed by atoms with Crippen LogP contribution in [0, 0.1) is 0 Å². The molecule has 0 bridgehead atoms. The smallest absolute Gasteiger partial charge is 0.0649 e. The zero-order chi connectivity index (χ0) is 14.5. The van der Waals surface area contributed by atoms with Crippen LogP contribution in [0.2, 0.25) is 0 Å². The molecule has 1 unspecified atom stereocenters. The van der Waals surface area contributed by atoms with Crippen LogP contribution >= 0.6 is 11.8 Å². The van der Waals surface area contributed by atoms with E-state index in [0.29, 0.717) is 0 Å². The molecule has 0 saturated heterocycles. The number of benzene rings is 2. The van der Waals surface area contributed by atoms with E-state index in [-0.39, 0.29) is 6.04 Å². The molecule has 0 aliphatic carbocycles. The first-order chi connectivity index (χ1) is 10.3. The van der Waals surface area contributed by atoms with Crippen LogP contribution in [-0.4, -0.2) is 15.5 Å². The van der Waals surface area contributed by atoms with Gasteiger partial charge in [-0.1, -0.05) is 36.4 Å². The second-order valence-corrected chi connectivity index (χ2v) is 5.83. The highest BCUT2D eigenvalue weighted by Gasteiger charge is 2.13. The zero-order valence-corrected chi connectivity index (χ0v) is 12.4. The summed E-state index contributed by atoms with van der Waals surface area (Å²) in [5.41, 5.74) is 8.42. The lowest BCUT2D eigenvalue weighted by molar-refractivity contribution is 0.718. The van der Waals surface area contributed by atoms with Gasteiger partial charge in [-0.2, -0.15) is 5.10 Å². The van der Waals surface area contributed by atoms with Crippen LogP contribution in [0.5, 0.6) is 0 Å². The molecule has 3 rings (SSSR count). The fraction of sp³-hybridized carbons (Fsp3) is 0.118. The van der Waals surface area contributed by atoms with Crippen molar-refractivity contribution in [3.05, 3.63) is 78.6 Å². The predicted octanol–water partition coefficient (Wildman–Crippen LogP) is 3.66. The molecular weight excluding hydrogens is 278 g/mol. The first-order valence-electron chi connectivity index (χ1n) is 6.87. The molecule has 0 amide bonds. The van der Waals surface area contributed by atoms with Crippen molar-refractivity contribution in [2.24, 2.45) is 5.73 Å². The molecule has 0 saturated carbocycles. The average molecular weight is 295 g/mol. The lowest BCUT2D eigenvalue weighted by atomic mass is 10.2. The van der Waals surface area contributed by atoms with E-state index in [1.54, 1.807) is 18.0 Å². The Morgan fingerprint density at radius 3 is 2.33 bits per heavy atom. The van der Waals surface area contributed by atoms with Crippen molar-refractivity contribution in [3.8, 4) is 5.69 Å². The molecule has 3 nitrogen and oxygen atoms in total. The number of aromatic nitrogens is 2. The van der Waals surface area contributed by atoms with Gasteiger partial charge in [0.1, 0.15) is 0 Å². The highest BCUT2D eigenvalue weighted by molar-refractivity contribution is 7.99. The van der Waals surface area contributed by atoms with E-state index in [2.05, 4.69) is 17.2 Å². The Morgan fingerprint density at radius 1 is 0.952 bits per heavy atom. The molecule has 0 radical (unpaired) electrons. The van der Waals surface area contributed by atoms with Gasteiger partial charge in [0.2, 0.25) is 0 Å². The molecule has 2 N–H and O–H groups in total. The quantitative estimate of drug-likeness (QED) is 0.730. The molecule has 1 atom stereocenters. The maximum absolute atomic E-state index is 6.34. The standard InChI is InChI=1S/C17H17N3S/c18-16(13-21-15-9-5-2-6-10-15)17-11-12-19-20(17)14-7-3-1-4-8-14/h1-12,16H,13,18H2. The van der Waals surface area contributed by atoms with E-state index in [1.165, 1.54) is 4.90 Å². The number of hydrogen-bond donors (Lipinski definition) is 1. The third-order valence-corrected chi connectivity index (χ3v) is 4.36. The molecule has 106 valence electrons. The lowest BCUT2D eigenvalue weighted by Gasteiger charge is -2.14. The van der Waals surface area contributed by atoms with Crippen molar-refractivity contribution >= 4 is 11.8 Å². The maximum Gasteiger partial charge on any atom is 0.0649 e. The highest BCUT2D eigenvalue weighted by atomic mass is 32.2. The minimum atomic E-state index is -0.0575. The summed E-state index contributed by atoms with van der Waals surface area (Å²) in [6, 6.07) is 22.3. The largest absolute Gasteiger partial charge is 0.322 e. The Balaban J connectivity index is 1.74. The Bertz CT molecular complexity index is 680. The number of para-hydroxylation sites is 1. The van der Waals surface area contributed by atoms with Gasteiger partial charge < -0.3 is 5.73 Å². The van der Waals surface area contributed by atoms with Gasteiger partial charge in [-0.15, -0.1) is 11.8 Å². The molecule has 1 heterocycles. The summed E-state index contributed by atoms with van der Waals surface area (Å²) in [5, 5.41) is 4.39. The third kappa shape index (κ3) is 3.35. The summed E-state index contributed by atoms with van der Waals surface area (Å²) < 4.78 is 1.91. The fourth-order valence-corrected chi connectivity index (χ4v) is 3.06. The number of nitrogens with zero attached hydrogens (tertiary/aromatic N) is 2. The van der Waals surface area contributed by atoms with Gasteiger partial charge in [0, 0.05) is 16.8 Å². The van der Waals surface area contributed by atoms with Gasteiger partial charge in [-0.05, 0) is 30.3 Å². The van der Waals surface area contributed by atoms with Crippen LogP contribution < -0.4 is 5.73 Å². The Morgan fingerprint density at radius 2 is 1.62 bits per heavy atom. The topological polar surface area (TPSA) is 43.8 Å². The van der Waals surface area contributed by atoms with Crippen molar-refractivity contribution < 1.29 is 0 Å². The number of rotatable bonds is 5. The molecule has 0 fully saturated rings. The van der Waals surface area contributed by atoms with Gasteiger partial charge in [-0.25, -0.2) is 4.68 Å². The van der Waals surface area contributed by atoms with Gasteiger partial charge in [-0.3, -0.25) is 0 Å². The zero-order valence-electron chi connectivity index (χ0n) is 11.6. The minimum Gasteiger partial charge on any atom is -0.322 e. The van der Waals surface area contributed by atoms with Gasteiger partial charge >= 0.3 is 0 Å². The summed E-state index contributed by atoms with van der Waals surface area (Å²) in [5.74, 6) is 0.822. The van der Waals surface area contributed by atoms with Gasteiger partial charge in [0.15, 0.2) is 0 Å². The molecule has 2 aromatic carbocycles. The summed E-state index contributed by atoms with van der Waals surface area (Å²) in [7, 11) is 0. The van der Waals surface area contributed by atoms with Crippen molar-refractivity contribution in [1.29, 1.82) is 0 Å². The number of nitrogens with two attached hydrogens (primary N) is 1. The van der Waals surface area contributed by atoms with E-state index < -0.39 is 0 Å². The van der Waals surface area contributed by atoms with Gasteiger partial charge in [0.25, 0.3) is 0 Å². The van der Waals surface area contributed by atoms with Crippen molar-refractivity contribution in [2.75, 3.05) is 5.75 Å².